The molecule has 0 aliphatic heterocycles. The van der Waals surface area contributed by atoms with Gasteiger partial charge in [0.05, 0.1) is 11.6 Å². The van der Waals surface area contributed by atoms with Crippen molar-refractivity contribution in [3.8, 4) is 11.5 Å². The van der Waals surface area contributed by atoms with Crippen LogP contribution in [0.3, 0.4) is 0 Å². The molecular formula is C20H24Cl2FN5O2. The van der Waals surface area contributed by atoms with Crippen molar-refractivity contribution in [3.63, 3.8) is 0 Å². The van der Waals surface area contributed by atoms with E-state index in [0.717, 1.165) is 12.0 Å². The number of amides is 1. The van der Waals surface area contributed by atoms with Crippen molar-refractivity contribution in [3.05, 3.63) is 71.6 Å². The predicted octanol–water partition coefficient (Wildman–Crippen LogP) is 3.58. The maximum atomic E-state index is 14.2. The van der Waals surface area contributed by atoms with Crippen molar-refractivity contribution in [1.82, 2.24) is 20.1 Å². The van der Waals surface area contributed by atoms with Gasteiger partial charge in [0.25, 0.3) is 5.91 Å². The Morgan fingerprint density at radius 1 is 1.20 bits per heavy atom. The number of aryl methyl sites for hydroxylation is 1. The second-order valence-corrected chi connectivity index (χ2v) is 6.42. The lowest BCUT2D eigenvalue weighted by atomic mass is 10.1. The number of nitrogens with zero attached hydrogens (tertiary/aromatic N) is 3. The molecule has 1 amide bonds. The molecule has 3 rings (SSSR count). The van der Waals surface area contributed by atoms with E-state index in [4.69, 9.17) is 10.5 Å². The van der Waals surface area contributed by atoms with E-state index in [2.05, 4.69) is 15.5 Å². The molecule has 1 aromatic heterocycles. The standard InChI is InChI=1S/C20H22FN5O2.2ClH/c1-13(19-25-23-12-26(19)2)24-20(27)17-11-16(7-8-18(17)21)28-15-5-3-14(4-6-15)9-10-22;;/h3-8,11-13H,9-10,22H2,1-2H3,(H,24,27);2*1H. The van der Waals surface area contributed by atoms with Gasteiger partial charge in [-0.15, -0.1) is 35.0 Å². The Kier molecular flexibility index (Phi) is 9.71. The zero-order valence-electron chi connectivity index (χ0n) is 16.5. The first-order valence-electron chi connectivity index (χ1n) is 8.89. The van der Waals surface area contributed by atoms with Crippen molar-refractivity contribution in [1.29, 1.82) is 0 Å². The van der Waals surface area contributed by atoms with Gasteiger partial charge in [-0.1, -0.05) is 12.1 Å². The smallest absolute Gasteiger partial charge is 0.254 e. The number of carbonyl (C=O) groups is 1. The minimum absolute atomic E-state index is 0. The van der Waals surface area contributed by atoms with E-state index in [1.54, 1.807) is 18.5 Å². The highest BCUT2D eigenvalue weighted by atomic mass is 35.5. The monoisotopic (exact) mass is 455 g/mol. The topological polar surface area (TPSA) is 95.1 Å². The quantitative estimate of drug-likeness (QED) is 0.567. The molecule has 0 spiro atoms. The van der Waals surface area contributed by atoms with Crippen molar-refractivity contribution in [2.24, 2.45) is 12.8 Å². The molecule has 0 fully saturated rings. The van der Waals surface area contributed by atoms with Crippen LogP contribution in [0.15, 0.2) is 48.8 Å². The number of nitrogens with two attached hydrogens (primary N) is 1. The van der Waals surface area contributed by atoms with Crippen molar-refractivity contribution in [2.75, 3.05) is 6.54 Å². The molecule has 3 N–H and O–H groups in total. The molecule has 0 saturated heterocycles. The SMILES string of the molecule is CC(NC(=O)c1cc(Oc2ccc(CCN)cc2)ccc1F)c1nncn1C.Cl.Cl. The van der Waals surface area contributed by atoms with Crippen LogP contribution in [-0.4, -0.2) is 27.2 Å². The summed E-state index contributed by atoms with van der Waals surface area (Å²) in [4.78, 5) is 12.5. The normalized spacial score (nSPS) is 11.1. The molecule has 10 heteroatoms. The van der Waals surface area contributed by atoms with E-state index < -0.39 is 17.8 Å². The highest BCUT2D eigenvalue weighted by Crippen LogP contribution is 2.24. The minimum atomic E-state index is -0.631. The van der Waals surface area contributed by atoms with Gasteiger partial charge < -0.3 is 20.4 Å². The van der Waals surface area contributed by atoms with Crippen LogP contribution in [0, 0.1) is 5.82 Å². The number of hydrogen-bond acceptors (Lipinski definition) is 5. The number of halogens is 3. The van der Waals surface area contributed by atoms with E-state index in [-0.39, 0.29) is 30.4 Å². The summed E-state index contributed by atoms with van der Waals surface area (Å²) in [6.07, 6.45) is 2.32. The minimum Gasteiger partial charge on any atom is -0.457 e. The van der Waals surface area contributed by atoms with Crippen LogP contribution in [0.2, 0.25) is 0 Å². The number of aromatic nitrogens is 3. The molecule has 0 radical (unpaired) electrons. The summed E-state index contributed by atoms with van der Waals surface area (Å²) in [6, 6.07) is 11.1. The summed E-state index contributed by atoms with van der Waals surface area (Å²) >= 11 is 0. The van der Waals surface area contributed by atoms with Gasteiger partial charge in [0, 0.05) is 7.05 Å². The van der Waals surface area contributed by atoms with Gasteiger partial charge in [0.2, 0.25) is 0 Å². The van der Waals surface area contributed by atoms with Gasteiger partial charge in [-0.25, -0.2) is 4.39 Å². The Bertz CT molecular complexity index is 966. The lowest BCUT2D eigenvalue weighted by molar-refractivity contribution is 0.0933. The average Bonchev–Trinajstić information content (AvgIpc) is 3.11. The lowest BCUT2D eigenvalue weighted by Gasteiger charge is -2.14. The largest absolute Gasteiger partial charge is 0.457 e. The fraction of sp³-hybridized carbons (Fsp3) is 0.250. The molecule has 0 aliphatic rings. The zero-order valence-corrected chi connectivity index (χ0v) is 18.2. The van der Waals surface area contributed by atoms with Crippen LogP contribution >= 0.6 is 24.8 Å². The van der Waals surface area contributed by atoms with Gasteiger partial charge in [-0.3, -0.25) is 4.79 Å². The summed E-state index contributed by atoms with van der Waals surface area (Å²) in [5.74, 6) is 0.333. The second-order valence-electron chi connectivity index (χ2n) is 6.42. The van der Waals surface area contributed by atoms with E-state index in [9.17, 15) is 9.18 Å². The first-order valence-corrected chi connectivity index (χ1v) is 8.89. The van der Waals surface area contributed by atoms with Crippen LogP contribution in [0.1, 0.15) is 34.7 Å². The van der Waals surface area contributed by atoms with Crippen LogP contribution in [-0.2, 0) is 13.5 Å². The van der Waals surface area contributed by atoms with Crippen LogP contribution in [0.4, 0.5) is 4.39 Å². The molecule has 0 bridgehead atoms. The van der Waals surface area contributed by atoms with Crippen molar-refractivity contribution >= 4 is 30.7 Å². The van der Waals surface area contributed by atoms with Crippen LogP contribution in [0.5, 0.6) is 11.5 Å². The van der Waals surface area contributed by atoms with Gasteiger partial charge in [-0.2, -0.15) is 0 Å². The lowest BCUT2D eigenvalue weighted by Crippen LogP contribution is -2.29. The summed E-state index contributed by atoms with van der Waals surface area (Å²) in [5.41, 5.74) is 6.54. The fourth-order valence-electron chi connectivity index (χ4n) is 2.79. The first-order chi connectivity index (χ1) is 13.5. The highest BCUT2D eigenvalue weighted by molar-refractivity contribution is 5.95. The molecule has 162 valence electrons. The number of hydrogen-bond donors (Lipinski definition) is 2. The second kappa shape index (κ2) is 11.5. The van der Waals surface area contributed by atoms with Crippen molar-refractivity contribution < 1.29 is 13.9 Å². The average molecular weight is 456 g/mol. The Morgan fingerprint density at radius 3 is 2.47 bits per heavy atom. The predicted molar refractivity (Wildman–Crippen MR) is 117 cm³/mol. The van der Waals surface area contributed by atoms with Crippen LogP contribution < -0.4 is 15.8 Å². The highest BCUT2D eigenvalue weighted by Gasteiger charge is 2.19. The molecule has 1 atom stereocenters. The van der Waals surface area contributed by atoms with Crippen molar-refractivity contribution in [2.45, 2.75) is 19.4 Å². The van der Waals surface area contributed by atoms with Gasteiger partial charge in [0.1, 0.15) is 23.6 Å². The maximum absolute atomic E-state index is 14.2. The molecule has 0 saturated carbocycles. The molecule has 30 heavy (non-hydrogen) atoms. The molecule has 3 aromatic rings. The summed E-state index contributed by atoms with van der Waals surface area (Å²) in [7, 11) is 1.77. The van der Waals surface area contributed by atoms with E-state index in [1.807, 2.05) is 24.3 Å². The Morgan fingerprint density at radius 2 is 1.87 bits per heavy atom. The summed E-state index contributed by atoms with van der Waals surface area (Å²) in [6.45, 7) is 2.33. The maximum Gasteiger partial charge on any atom is 0.254 e. The molecule has 7 nitrogen and oxygen atoms in total. The Hall–Kier alpha value is -2.68. The van der Waals surface area contributed by atoms with E-state index in [0.29, 0.717) is 23.9 Å². The van der Waals surface area contributed by atoms with Gasteiger partial charge in [-0.05, 0) is 55.8 Å². The molecule has 2 aromatic carbocycles. The third-order valence-electron chi connectivity index (χ3n) is 4.26. The Balaban J connectivity index is 0.00000225. The number of carbonyl (C=O) groups excluding carboxylic acids is 1. The fourth-order valence-corrected chi connectivity index (χ4v) is 2.79. The zero-order chi connectivity index (χ0) is 20.1. The van der Waals surface area contributed by atoms with Crippen LogP contribution in [0.25, 0.3) is 0 Å². The molecule has 1 heterocycles. The van der Waals surface area contributed by atoms with Gasteiger partial charge in [0.15, 0.2) is 5.82 Å². The van der Waals surface area contributed by atoms with E-state index >= 15 is 0 Å². The molecular weight excluding hydrogens is 432 g/mol. The summed E-state index contributed by atoms with van der Waals surface area (Å²) < 4.78 is 21.6. The van der Waals surface area contributed by atoms with E-state index in [1.165, 1.54) is 24.5 Å². The number of rotatable bonds is 7. The number of nitrogens with one attached hydrogen (secondary N) is 1. The van der Waals surface area contributed by atoms with Gasteiger partial charge >= 0.3 is 0 Å². The molecule has 0 aliphatic carbocycles. The molecule has 1 unspecified atom stereocenters. The number of benzene rings is 2. The third kappa shape index (κ3) is 6.16. The first kappa shape index (κ1) is 25.4. The third-order valence-corrected chi connectivity index (χ3v) is 4.26. The summed E-state index contributed by atoms with van der Waals surface area (Å²) in [5, 5.41) is 10.5. The number of ether oxygens (including phenoxy) is 1. The Labute approximate surface area is 186 Å².